The first kappa shape index (κ1) is 30.8. The summed E-state index contributed by atoms with van der Waals surface area (Å²) in [5.41, 5.74) is 15.2. The highest BCUT2D eigenvalue weighted by atomic mass is 15.2. The molecule has 11 rings (SSSR count). The van der Waals surface area contributed by atoms with Gasteiger partial charge in [-0.25, -0.2) is 9.97 Å². The van der Waals surface area contributed by atoms with Gasteiger partial charge in [-0.3, -0.25) is 4.57 Å². The molecule has 0 N–H and O–H groups in total. The van der Waals surface area contributed by atoms with Crippen LogP contribution in [0.2, 0.25) is 0 Å². The summed E-state index contributed by atoms with van der Waals surface area (Å²) in [5.74, 6) is 0.659. The average Bonchev–Trinajstić information content (AvgIpc) is 3.69. The molecule has 2 aromatic heterocycles. The Hall–Kier alpha value is -6.84. The molecule has 2 heterocycles. The van der Waals surface area contributed by atoms with Crippen molar-refractivity contribution in [1.82, 2.24) is 14.5 Å². The summed E-state index contributed by atoms with van der Waals surface area (Å²) in [6, 6.07) is 63.5. The van der Waals surface area contributed by atoms with Crippen LogP contribution in [0, 0.1) is 0 Å². The molecule has 0 saturated carbocycles. The SMILES string of the molecule is CC1(C)c2ccccc2-c2cc(-c3cccc(-c4cccc5c6c7ccccc7ccc6n(-c6nc(-c7ccccc7)c7ccccc7n6)c45)c3)ccc21. The summed E-state index contributed by atoms with van der Waals surface area (Å²) in [4.78, 5) is 10.7. The van der Waals surface area contributed by atoms with Crippen LogP contribution in [-0.2, 0) is 5.41 Å². The van der Waals surface area contributed by atoms with E-state index in [0.717, 1.165) is 44.3 Å². The van der Waals surface area contributed by atoms with Crippen LogP contribution in [0.3, 0.4) is 0 Å². The predicted molar refractivity (Wildman–Crippen MR) is 225 cm³/mol. The van der Waals surface area contributed by atoms with Gasteiger partial charge >= 0.3 is 0 Å². The zero-order valence-electron chi connectivity index (χ0n) is 30.1. The first-order chi connectivity index (χ1) is 26.5. The highest BCUT2D eigenvalue weighted by Gasteiger charge is 2.35. The van der Waals surface area contributed by atoms with Gasteiger partial charge in [0.25, 0.3) is 0 Å². The van der Waals surface area contributed by atoms with Crippen LogP contribution in [0.15, 0.2) is 176 Å². The van der Waals surface area contributed by atoms with Gasteiger partial charge < -0.3 is 0 Å². The van der Waals surface area contributed by atoms with Crippen molar-refractivity contribution in [2.24, 2.45) is 0 Å². The third-order valence-corrected chi connectivity index (χ3v) is 11.6. The van der Waals surface area contributed by atoms with E-state index >= 15 is 0 Å². The number of hydrogen-bond acceptors (Lipinski definition) is 2. The van der Waals surface area contributed by atoms with Gasteiger partial charge in [0.15, 0.2) is 0 Å². The molecule has 0 spiro atoms. The second-order valence-corrected chi connectivity index (χ2v) is 15.0. The van der Waals surface area contributed by atoms with Gasteiger partial charge in [0, 0.05) is 32.7 Å². The van der Waals surface area contributed by atoms with Crippen LogP contribution >= 0.6 is 0 Å². The molecule has 0 bridgehead atoms. The number of aromatic nitrogens is 3. The van der Waals surface area contributed by atoms with Crippen LogP contribution < -0.4 is 0 Å². The van der Waals surface area contributed by atoms with Crippen molar-refractivity contribution in [2.45, 2.75) is 19.3 Å². The molecule has 0 radical (unpaired) electrons. The van der Waals surface area contributed by atoms with Crippen molar-refractivity contribution in [3.63, 3.8) is 0 Å². The maximum Gasteiger partial charge on any atom is 0.235 e. The van der Waals surface area contributed by atoms with Crippen LogP contribution in [0.5, 0.6) is 0 Å². The van der Waals surface area contributed by atoms with E-state index in [4.69, 9.17) is 9.97 Å². The summed E-state index contributed by atoms with van der Waals surface area (Å²) in [6.07, 6.45) is 0. The highest BCUT2D eigenvalue weighted by molar-refractivity contribution is 6.23. The fourth-order valence-corrected chi connectivity index (χ4v) is 9.02. The lowest BCUT2D eigenvalue weighted by atomic mass is 9.82. The van der Waals surface area contributed by atoms with Gasteiger partial charge in [-0.05, 0) is 74.0 Å². The number of para-hydroxylation sites is 2. The van der Waals surface area contributed by atoms with Crippen LogP contribution in [0.1, 0.15) is 25.0 Å². The molecule has 3 nitrogen and oxygen atoms in total. The van der Waals surface area contributed by atoms with E-state index in [0.29, 0.717) is 5.95 Å². The molecule has 0 fully saturated rings. The second kappa shape index (κ2) is 11.6. The van der Waals surface area contributed by atoms with Crippen LogP contribution in [0.25, 0.3) is 94.1 Å². The Labute approximate surface area is 313 Å². The van der Waals surface area contributed by atoms with E-state index in [-0.39, 0.29) is 5.41 Å². The van der Waals surface area contributed by atoms with E-state index in [1.165, 1.54) is 54.9 Å². The normalized spacial score (nSPS) is 13.1. The minimum atomic E-state index is -0.0231. The van der Waals surface area contributed by atoms with Crippen molar-refractivity contribution in [1.29, 1.82) is 0 Å². The molecule has 54 heavy (non-hydrogen) atoms. The van der Waals surface area contributed by atoms with Gasteiger partial charge in [-0.1, -0.05) is 166 Å². The summed E-state index contributed by atoms with van der Waals surface area (Å²) in [7, 11) is 0. The van der Waals surface area contributed by atoms with Gasteiger partial charge in [-0.2, -0.15) is 0 Å². The van der Waals surface area contributed by atoms with Crippen molar-refractivity contribution in [2.75, 3.05) is 0 Å². The first-order valence-electron chi connectivity index (χ1n) is 18.7. The number of rotatable bonds is 4. The van der Waals surface area contributed by atoms with Gasteiger partial charge in [0.05, 0.1) is 22.2 Å². The van der Waals surface area contributed by atoms with E-state index in [9.17, 15) is 0 Å². The zero-order valence-corrected chi connectivity index (χ0v) is 30.1. The summed E-state index contributed by atoms with van der Waals surface area (Å²) >= 11 is 0. The van der Waals surface area contributed by atoms with E-state index in [1.54, 1.807) is 0 Å². The molecule has 0 aliphatic heterocycles. The number of benzene rings is 8. The molecule has 0 saturated heterocycles. The minimum Gasteiger partial charge on any atom is -0.277 e. The minimum absolute atomic E-state index is 0.0231. The third kappa shape index (κ3) is 4.48. The maximum absolute atomic E-state index is 5.41. The molecule has 0 unspecified atom stereocenters. The van der Waals surface area contributed by atoms with Crippen LogP contribution in [0.4, 0.5) is 0 Å². The Kier molecular flexibility index (Phi) is 6.60. The van der Waals surface area contributed by atoms with E-state index < -0.39 is 0 Å². The van der Waals surface area contributed by atoms with Gasteiger partial charge in [0.2, 0.25) is 5.95 Å². The second-order valence-electron chi connectivity index (χ2n) is 15.0. The molecular formula is C51H35N3. The molecular weight excluding hydrogens is 655 g/mol. The number of fused-ring (bicyclic) bond motifs is 9. The standard InChI is InChI=1S/C51H35N3/c1-51(2)43-24-10-8-20-39(43)42-31-35(26-28-44(42)51)34-17-12-18-36(30-34)38-22-13-23-41-47-37-19-7-6-14-32(37)27-29-46(47)54(49(38)41)50-52-45-25-11-9-21-40(45)48(53-50)33-15-4-3-5-16-33/h3-31H,1-2H3. The van der Waals surface area contributed by atoms with Crippen molar-refractivity contribution < 1.29 is 0 Å². The topological polar surface area (TPSA) is 30.7 Å². The van der Waals surface area contributed by atoms with E-state index in [1.807, 2.05) is 0 Å². The first-order valence-corrected chi connectivity index (χ1v) is 18.7. The largest absolute Gasteiger partial charge is 0.277 e. The Morgan fingerprint density at radius 3 is 2.02 bits per heavy atom. The smallest absolute Gasteiger partial charge is 0.235 e. The molecule has 0 atom stereocenters. The number of nitrogens with zero attached hydrogens (tertiary/aromatic N) is 3. The molecule has 254 valence electrons. The fraction of sp³-hybridized carbons (Fsp3) is 0.0588. The number of hydrogen-bond donors (Lipinski definition) is 0. The molecule has 1 aliphatic carbocycles. The Balaban J connectivity index is 1.17. The molecule has 0 amide bonds. The molecule has 8 aromatic carbocycles. The van der Waals surface area contributed by atoms with Gasteiger partial charge in [0.1, 0.15) is 0 Å². The Morgan fingerprint density at radius 2 is 1.11 bits per heavy atom. The van der Waals surface area contributed by atoms with E-state index in [2.05, 4.69) is 194 Å². The highest BCUT2D eigenvalue weighted by Crippen LogP contribution is 2.50. The lowest BCUT2D eigenvalue weighted by Crippen LogP contribution is -2.14. The molecule has 10 aromatic rings. The van der Waals surface area contributed by atoms with Crippen molar-refractivity contribution in [3.8, 4) is 50.6 Å². The van der Waals surface area contributed by atoms with Crippen molar-refractivity contribution in [3.05, 3.63) is 187 Å². The summed E-state index contributed by atoms with van der Waals surface area (Å²) in [5, 5.41) is 5.85. The fourth-order valence-electron chi connectivity index (χ4n) is 9.02. The monoisotopic (exact) mass is 689 g/mol. The maximum atomic E-state index is 5.41. The van der Waals surface area contributed by atoms with Crippen molar-refractivity contribution >= 4 is 43.5 Å². The lowest BCUT2D eigenvalue weighted by Gasteiger charge is -2.21. The molecule has 1 aliphatic rings. The third-order valence-electron chi connectivity index (χ3n) is 11.6. The zero-order chi connectivity index (χ0) is 36.0. The Bertz CT molecular complexity index is 3130. The quantitative estimate of drug-likeness (QED) is 0.184. The molecule has 3 heteroatoms. The Morgan fingerprint density at radius 1 is 0.444 bits per heavy atom. The van der Waals surface area contributed by atoms with Crippen LogP contribution in [-0.4, -0.2) is 14.5 Å². The summed E-state index contributed by atoms with van der Waals surface area (Å²) in [6.45, 7) is 4.67. The van der Waals surface area contributed by atoms with Gasteiger partial charge in [-0.15, -0.1) is 0 Å². The average molecular weight is 690 g/mol. The summed E-state index contributed by atoms with van der Waals surface area (Å²) < 4.78 is 2.30. The lowest BCUT2D eigenvalue weighted by molar-refractivity contribution is 0.660. The predicted octanol–water partition coefficient (Wildman–Crippen LogP) is 13.2.